The minimum Gasteiger partial charge on any atom is -0.495 e. The second kappa shape index (κ2) is 9.75. The fourth-order valence-corrected chi connectivity index (χ4v) is 3.24. The van der Waals surface area contributed by atoms with E-state index in [0.717, 1.165) is 24.1 Å². The summed E-state index contributed by atoms with van der Waals surface area (Å²) in [6.07, 6.45) is 2.42. The van der Waals surface area contributed by atoms with E-state index >= 15 is 0 Å². The largest absolute Gasteiger partial charge is 0.495 e. The molecule has 0 atom stereocenters. The van der Waals surface area contributed by atoms with Crippen molar-refractivity contribution in [1.82, 2.24) is 0 Å². The lowest BCUT2D eigenvalue weighted by Crippen LogP contribution is -2.30. The Morgan fingerprint density at radius 3 is 2.18 bits per heavy atom. The number of ether oxygens (including phenoxy) is 1. The van der Waals surface area contributed by atoms with Gasteiger partial charge in [-0.1, -0.05) is 80.1 Å². The van der Waals surface area contributed by atoms with Crippen LogP contribution in [0.3, 0.4) is 0 Å². The molecule has 0 radical (unpaired) electrons. The molecule has 0 N–H and O–H groups in total. The first-order valence-electron chi connectivity index (χ1n) is 9.80. The van der Waals surface area contributed by atoms with Gasteiger partial charge in [-0.3, -0.25) is 4.79 Å². The van der Waals surface area contributed by atoms with E-state index in [0.29, 0.717) is 18.7 Å². The van der Waals surface area contributed by atoms with E-state index in [9.17, 15) is 4.79 Å². The van der Waals surface area contributed by atoms with Gasteiger partial charge in [-0.2, -0.15) is 0 Å². The van der Waals surface area contributed by atoms with Crippen molar-refractivity contribution in [2.75, 3.05) is 12.0 Å². The molecule has 0 aromatic heterocycles. The van der Waals surface area contributed by atoms with Crippen LogP contribution in [0.25, 0.3) is 11.1 Å². The van der Waals surface area contributed by atoms with Crippen LogP contribution in [0, 0.1) is 0 Å². The molecule has 1 amide bonds. The maximum atomic E-state index is 12.9. The standard InChI is InChI=1S/C25H27NO2/c1-3-4-14-25(27)26(23-12-8-9-13-24(23)28-2)19-20-15-17-22(18-16-20)21-10-6-5-7-11-21/h5-13,15-18H,3-4,14,19H2,1-2H3. The molecular weight excluding hydrogens is 346 g/mol. The highest BCUT2D eigenvalue weighted by molar-refractivity contribution is 5.94. The van der Waals surface area contributed by atoms with Gasteiger partial charge in [-0.25, -0.2) is 0 Å². The Labute approximate surface area is 167 Å². The van der Waals surface area contributed by atoms with Gasteiger partial charge in [0.15, 0.2) is 0 Å². The molecule has 0 unspecified atom stereocenters. The lowest BCUT2D eigenvalue weighted by atomic mass is 10.0. The van der Waals surface area contributed by atoms with Gasteiger partial charge < -0.3 is 9.64 Å². The molecule has 3 aromatic rings. The number of hydrogen-bond acceptors (Lipinski definition) is 2. The summed E-state index contributed by atoms with van der Waals surface area (Å²) in [6, 6.07) is 26.4. The number of benzene rings is 3. The third kappa shape index (κ3) is 4.80. The summed E-state index contributed by atoms with van der Waals surface area (Å²) in [6.45, 7) is 2.63. The first-order valence-corrected chi connectivity index (χ1v) is 9.80. The van der Waals surface area contributed by atoms with Gasteiger partial charge in [0.05, 0.1) is 19.3 Å². The van der Waals surface area contributed by atoms with Gasteiger partial charge in [-0.05, 0) is 35.2 Å². The smallest absolute Gasteiger partial charge is 0.227 e. The quantitative estimate of drug-likeness (QED) is 0.478. The predicted molar refractivity (Wildman–Crippen MR) is 116 cm³/mol. The third-order valence-corrected chi connectivity index (χ3v) is 4.82. The zero-order valence-electron chi connectivity index (χ0n) is 16.6. The van der Waals surface area contributed by atoms with E-state index < -0.39 is 0 Å². The van der Waals surface area contributed by atoms with E-state index in [-0.39, 0.29) is 5.91 Å². The topological polar surface area (TPSA) is 29.5 Å². The van der Waals surface area contributed by atoms with Crippen LogP contribution < -0.4 is 9.64 Å². The van der Waals surface area contributed by atoms with Gasteiger partial charge in [0.25, 0.3) is 0 Å². The Balaban J connectivity index is 1.86. The summed E-state index contributed by atoms with van der Waals surface area (Å²) >= 11 is 0. The molecule has 0 aliphatic rings. The van der Waals surface area contributed by atoms with Crippen LogP contribution in [0.1, 0.15) is 31.7 Å². The zero-order chi connectivity index (χ0) is 19.8. The summed E-state index contributed by atoms with van der Waals surface area (Å²) in [5, 5.41) is 0. The molecule has 0 fully saturated rings. The van der Waals surface area contributed by atoms with Crippen LogP contribution in [-0.4, -0.2) is 13.0 Å². The molecule has 0 aliphatic heterocycles. The van der Waals surface area contributed by atoms with Crippen molar-refractivity contribution in [2.24, 2.45) is 0 Å². The number of unbranched alkanes of at least 4 members (excludes halogenated alkanes) is 1. The highest BCUT2D eigenvalue weighted by Gasteiger charge is 2.19. The van der Waals surface area contributed by atoms with Crippen LogP contribution in [-0.2, 0) is 11.3 Å². The fourth-order valence-electron chi connectivity index (χ4n) is 3.24. The first kappa shape index (κ1) is 19.7. The van der Waals surface area contributed by atoms with Crippen molar-refractivity contribution >= 4 is 11.6 Å². The maximum absolute atomic E-state index is 12.9. The van der Waals surface area contributed by atoms with Crippen molar-refractivity contribution in [1.29, 1.82) is 0 Å². The fraction of sp³-hybridized carbons (Fsp3) is 0.240. The van der Waals surface area contributed by atoms with Gasteiger partial charge in [-0.15, -0.1) is 0 Å². The lowest BCUT2D eigenvalue weighted by molar-refractivity contribution is -0.118. The molecule has 0 bridgehead atoms. The van der Waals surface area contributed by atoms with E-state index in [1.165, 1.54) is 11.1 Å². The minimum atomic E-state index is 0.124. The summed E-state index contributed by atoms with van der Waals surface area (Å²) in [5.74, 6) is 0.840. The normalized spacial score (nSPS) is 10.5. The van der Waals surface area contributed by atoms with Crippen LogP contribution in [0.4, 0.5) is 5.69 Å². The number of carbonyl (C=O) groups is 1. The highest BCUT2D eigenvalue weighted by Crippen LogP contribution is 2.30. The molecule has 0 spiro atoms. The highest BCUT2D eigenvalue weighted by atomic mass is 16.5. The third-order valence-electron chi connectivity index (χ3n) is 4.82. The zero-order valence-corrected chi connectivity index (χ0v) is 16.6. The number of rotatable bonds is 8. The average molecular weight is 373 g/mol. The molecule has 0 saturated heterocycles. The van der Waals surface area contributed by atoms with E-state index in [2.05, 4.69) is 43.3 Å². The van der Waals surface area contributed by atoms with Crippen LogP contribution >= 0.6 is 0 Å². The Hall–Kier alpha value is -3.07. The van der Waals surface area contributed by atoms with Crippen molar-refractivity contribution in [3.63, 3.8) is 0 Å². The summed E-state index contributed by atoms with van der Waals surface area (Å²) in [7, 11) is 1.64. The van der Waals surface area contributed by atoms with Crippen LogP contribution in [0.15, 0.2) is 78.9 Å². The van der Waals surface area contributed by atoms with Crippen LogP contribution in [0.2, 0.25) is 0 Å². The van der Waals surface area contributed by atoms with Crippen molar-refractivity contribution in [3.05, 3.63) is 84.4 Å². The number of nitrogens with zero attached hydrogens (tertiary/aromatic N) is 1. The summed E-state index contributed by atoms with van der Waals surface area (Å²) < 4.78 is 5.50. The van der Waals surface area contributed by atoms with Crippen molar-refractivity contribution in [2.45, 2.75) is 32.7 Å². The molecule has 0 aliphatic carbocycles. The molecule has 3 nitrogen and oxygen atoms in total. The Bertz CT molecular complexity index is 888. The predicted octanol–water partition coefficient (Wildman–Crippen LogP) is 6.09. The Morgan fingerprint density at radius 1 is 0.857 bits per heavy atom. The molecule has 28 heavy (non-hydrogen) atoms. The molecule has 3 heteroatoms. The van der Waals surface area contributed by atoms with Gasteiger partial charge in [0, 0.05) is 6.42 Å². The molecule has 0 heterocycles. The Morgan fingerprint density at radius 2 is 1.50 bits per heavy atom. The second-order valence-electron chi connectivity index (χ2n) is 6.82. The van der Waals surface area contributed by atoms with E-state index in [4.69, 9.17) is 4.74 Å². The monoisotopic (exact) mass is 373 g/mol. The van der Waals surface area contributed by atoms with Gasteiger partial charge in [0.2, 0.25) is 5.91 Å². The number of anilines is 1. The first-order chi connectivity index (χ1) is 13.7. The molecule has 3 rings (SSSR count). The molecule has 3 aromatic carbocycles. The number of methoxy groups -OCH3 is 1. The Kier molecular flexibility index (Phi) is 6.85. The number of amides is 1. The lowest BCUT2D eigenvalue weighted by Gasteiger charge is -2.25. The second-order valence-corrected chi connectivity index (χ2v) is 6.82. The summed E-state index contributed by atoms with van der Waals surface area (Å²) in [4.78, 5) is 14.8. The summed E-state index contributed by atoms with van der Waals surface area (Å²) in [5.41, 5.74) is 4.27. The molecule has 144 valence electrons. The SMILES string of the molecule is CCCCC(=O)N(Cc1ccc(-c2ccccc2)cc1)c1ccccc1OC. The molecular formula is C25H27NO2. The minimum absolute atomic E-state index is 0.124. The van der Waals surface area contributed by atoms with Crippen LogP contribution in [0.5, 0.6) is 5.75 Å². The van der Waals surface area contributed by atoms with Gasteiger partial charge >= 0.3 is 0 Å². The number of carbonyl (C=O) groups excluding carboxylic acids is 1. The van der Waals surface area contributed by atoms with E-state index in [1.807, 2.05) is 47.4 Å². The van der Waals surface area contributed by atoms with Gasteiger partial charge in [0.1, 0.15) is 5.75 Å². The number of hydrogen-bond donors (Lipinski definition) is 0. The molecule has 0 saturated carbocycles. The van der Waals surface area contributed by atoms with Crippen molar-refractivity contribution < 1.29 is 9.53 Å². The number of para-hydroxylation sites is 2. The maximum Gasteiger partial charge on any atom is 0.227 e. The average Bonchev–Trinajstić information content (AvgIpc) is 2.77. The van der Waals surface area contributed by atoms with E-state index in [1.54, 1.807) is 7.11 Å². The van der Waals surface area contributed by atoms with Crippen molar-refractivity contribution in [3.8, 4) is 16.9 Å².